The van der Waals surface area contributed by atoms with E-state index >= 15 is 0 Å². The number of hydrogen-bond donors (Lipinski definition) is 2. The topological polar surface area (TPSA) is 32.3 Å². The smallest absolute Gasteiger partial charge is 0.123 e. The number of benzene rings is 2. The Bertz CT molecular complexity index is 624. The van der Waals surface area contributed by atoms with Crippen molar-refractivity contribution in [2.24, 2.45) is 0 Å². The molecule has 3 rings (SSSR count). The van der Waals surface area contributed by atoms with Crippen LogP contribution < -0.4 is 5.32 Å². The summed E-state index contributed by atoms with van der Waals surface area (Å²) in [7, 11) is 0. The molecule has 0 saturated heterocycles. The largest absolute Gasteiger partial charge is 0.384 e. The van der Waals surface area contributed by atoms with Gasteiger partial charge in [0.25, 0.3) is 0 Å². The monoisotopic (exact) mass is 257 g/mol. The van der Waals surface area contributed by atoms with Crippen molar-refractivity contribution in [2.45, 2.75) is 19.4 Å². The molecular formula is C16H16FNO. The van der Waals surface area contributed by atoms with Gasteiger partial charge in [0.2, 0.25) is 0 Å². The minimum Gasteiger partial charge on any atom is -0.384 e. The molecule has 0 bridgehead atoms. The summed E-state index contributed by atoms with van der Waals surface area (Å²) >= 11 is 0. The Kier molecular flexibility index (Phi) is 2.99. The number of rotatable bonds is 2. The van der Waals surface area contributed by atoms with E-state index in [4.69, 9.17) is 0 Å². The first-order chi connectivity index (χ1) is 9.16. The number of anilines is 1. The number of fused-ring (bicyclic) bond motifs is 1. The zero-order valence-corrected chi connectivity index (χ0v) is 10.8. The molecule has 0 fully saturated rings. The van der Waals surface area contributed by atoms with Gasteiger partial charge in [-0.25, -0.2) is 4.39 Å². The van der Waals surface area contributed by atoms with Gasteiger partial charge in [0.1, 0.15) is 11.9 Å². The highest BCUT2D eigenvalue weighted by atomic mass is 19.1. The van der Waals surface area contributed by atoms with Crippen LogP contribution in [-0.4, -0.2) is 11.7 Å². The van der Waals surface area contributed by atoms with Crippen molar-refractivity contribution < 1.29 is 9.50 Å². The Hall–Kier alpha value is -1.87. The zero-order valence-electron chi connectivity index (χ0n) is 10.8. The Morgan fingerprint density at radius 3 is 2.84 bits per heavy atom. The normalized spacial score (nSPS) is 14.9. The third-order valence-corrected chi connectivity index (χ3v) is 3.70. The van der Waals surface area contributed by atoms with Gasteiger partial charge in [0.15, 0.2) is 0 Å². The van der Waals surface area contributed by atoms with E-state index in [1.165, 1.54) is 17.7 Å². The molecule has 0 spiro atoms. The average Bonchev–Trinajstić information content (AvgIpc) is 2.86. The maximum Gasteiger partial charge on any atom is 0.123 e. The summed E-state index contributed by atoms with van der Waals surface area (Å²) in [5.41, 5.74) is 4.64. The third kappa shape index (κ3) is 2.10. The lowest BCUT2D eigenvalue weighted by atomic mass is 9.95. The van der Waals surface area contributed by atoms with Gasteiger partial charge in [0.05, 0.1) is 0 Å². The fourth-order valence-corrected chi connectivity index (χ4v) is 2.71. The van der Waals surface area contributed by atoms with Crippen LogP contribution in [0.4, 0.5) is 10.1 Å². The lowest BCUT2D eigenvalue weighted by Gasteiger charge is -2.17. The maximum absolute atomic E-state index is 13.1. The van der Waals surface area contributed by atoms with Crippen molar-refractivity contribution >= 4 is 5.69 Å². The number of aryl methyl sites for hydroxylation is 1. The maximum atomic E-state index is 13.1. The standard InChI is InChI=1S/C16H16FNO/c1-10-9-12(17)5-6-13(10)16(19)14-4-2-3-11-7-8-18-15(11)14/h2-6,9,16,18-19H,7-8H2,1H3. The van der Waals surface area contributed by atoms with Gasteiger partial charge in [0, 0.05) is 17.8 Å². The number of nitrogens with one attached hydrogen (secondary N) is 1. The van der Waals surface area contributed by atoms with Gasteiger partial charge in [-0.1, -0.05) is 24.3 Å². The van der Waals surface area contributed by atoms with Gasteiger partial charge in [-0.2, -0.15) is 0 Å². The molecule has 19 heavy (non-hydrogen) atoms. The minimum absolute atomic E-state index is 0.273. The van der Waals surface area contributed by atoms with Crippen molar-refractivity contribution in [3.8, 4) is 0 Å². The molecule has 2 aromatic rings. The highest BCUT2D eigenvalue weighted by molar-refractivity contribution is 5.63. The van der Waals surface area contributed by atoms with Crippen LogP contribution in [0, 0.1) is 12.7 Å². The van der Waals surface area contributed by atoms with Crippen LogP contribution in [0.15, 0.2) is 36.4 Å². The van der Waals surface area contributed by atoms with Gasteiger partial charge in [-0.05, 0) is 42.2 Å². The molecule has 1 unspecified atom stereocenters. The van der Waals surface area contributed by atoms with Crippen LogP contribution in [0.5, 0.6) is 0 Å². The number of aliphatic hydroxyl groups excluding tert-OH is 1. The number of halogens is 1. The Labute approximate surface area is 111 Å². The van der Waals surface area contributed by atoms with Crippen molar-refractivity contribution in [3.63, 3.8) is 0 Å². The molecular weight excluding hydrogens is 241 g/mol. The van der Waals surface area contributed by atoms with E-state index < -0.39 is 6.10 Å². The second-order valence-corrected chi connectivity index (χ2v) is 4.96. The fraction of sp³-hybridized carbons (Fsp3) is 0.250. The van der Waals surface area contributed by atoms with E-state index in [0.29, 0.717) is 0 Å². The quantitative estimate of drug-likeness (QED) is 0.866. The SMILES string of the molecule is Cc1cc(F)ccc1C(O)c1cccc2c1NCC2. The molecule has 2 N–H and O–H groups in total. The molecule has 1 heterocycles. The minimum atomic E-state index is -0.721. The molecule has 0 aliphatic carbocycles. The molecule has 2 aromatic carbocycles. The Morgan fingerprint density at radius 1 is 1.21 bits per heavy atom. The van der Waals surface area contributed by atoms with E-state index in [1.807, 2.05) is 19.1 Å². The van der Waals surface area contributed by atoms with Gasteiger partial charge < -0.3 is 10.4 Å². The average molecular weight is 257 g/mol. The third-order valence-electron chi connectivity index (χ3n) is 3.70. The summed E-state index contributed by atoms with van der Waals surface area (Å²) in [6, 6.07) is 10.5. The fourth-order valence-electron chi connectivity index (χ4n) is 2.71. The van der Waals surface area contributed by atoms with E-state index in [-0.39, 0.29) is 5.82 Å². The second kappa shape index (κ2) is 4.67. The van der Waals surface area contributed by atoms with Gasteiger partial charge in [-0.15, -0.1) is 0 Å². The van der Waals surface area contributed by atoms with E-state index in [1.54, 1.807) is 6.07 Å². The van der Waals surface area contributed by atoms with Gasteiger partial charge in [-0.3, -0.25) is 0 Å². The highest BCUT2D eigenvalue weighted by Gasteiger charge is 2.21. The van der Waals surface area contributed by atoms with E-state index in [2.05, 4.69) is 11.4 Å². The van der Waals surface area contributed by atoms with Crippen molar-refractivity contribution in [3.05, 3.63) is 64.5 Å². The van der Waals surface area contributed by atoms with E-state index in [9.17, 15) is 9.50 Å². The molecule has 0 aromatic heterocycles. The van der Waals surface area contributed by atoms with E-state index in [0.717, 1.165) is 35.3 Å². The zero-order chi connectivity index (χ0) is 13.4. The molecule has 0 amide bonds. The predicted molar refractivity (Wildman–Crippen MR) is 73.8 cm³/mol. The molecule has 0 saturated carbocycles. The highest BCUT2D eigenvalue weighted by Crippen LogP contribution is 2.34. The Balaban J connectivity index is 2.05. The van der Waals surface area contributed by atoms with Crippen LogP contribution in [0.25, 0.3) is 0 Å². The molecule has 1 aliphatic heterocycles. The summed E-state index contributed by atoms with van der Waals surface area (Å²) in [5, 5.41) is 13.9. The lowest BCUT2D eigenvalue weighted by molar-refractivity contribution is 0.220. The Morgan fingerprint density at radius 2 is 2.05 bits per heavy atom. The lowest BCUT2D eigenvalue weighted by Crippen LogP contribution is -2.05. The first-order valence-electron chi connectivity index (χ1n) is 6.46. The molecule has 1 atom stereocenters. The summed E-state index contributed by atoms with van der Waals surface area (Å²) in [6.07, 6.45) is 0.263. The number of hydrogen-bond acceptors (Lipinski definition) is 2. The summed E-state index contributed by atoms with van der Waals surface area (Å²) in [5.74, 6) is -0.273. The van der Waals surface area contributed by atoms with Crippen molar-refractivity contribution in [1.82, 2.24) is 0 Å². The summed E-state index contributed by atoms with van der Waals surface area (Å²) in [4.78, 5) is 0. The molecule has 0 radical (unpaired) electrons. The molecule has 98 valence electrons. The first-order valence-corrected chi connectivity index (χ1v) is 6.46. The van der Waals surface area contributed by atoms with Crippen molar-refractivity contribution in [1.29, 1.82) is 0 Å². The first kappa shape index (κ1) is 12.2. The van der Waals surface area contributed by atoms with Crippen LogP contribution >= 0.6 is 0 Å². The predicted octanol–water partition coefficient (Wildman–Crippen LogP) is 3.18. The summed E-state index contributed by atoms with van der Waals surface area (Å²) < 4.78 is 13.1. The van der Waals surface area contributed by atoms with Crippen LogP contribution in [0.1, 0.15) is 28.4 Å². The molecule has 3 heteroatoms. The van der Waals surface area contributed by atoms with Crippen LogP contribution in [0.2, 0.25) is 0 Å². The summed E-state index contributed by atoms with van der Waals surface area (Å²) in [6.45, 7) is 2.72. The second-order valence-electron chi connectivity index (χ2n) is 4.96. The number of aliphatic hydroxyl groups is 1. The van der Waals surface area contributed by atoms with Gasteiger partial charge >= 0.3 is 0 Å². The van der Waals surface area contributed by atoms with Crippen LogP contribution in [0.3, 0.4) is 0 Å². The van der Waals surface area contributed by atoms with Crippen LogP contribution in [-0.2, 0) is 6.42 Å². The van der Waals surface area contributed by atoms with Crippen molar-refractivity contribution in [2.75, 3.05) is 11.9 Å². The molecule has 1 aliphatic rings. The number of para-hydroxylation sites is 1. The molecule has 2 nitrogen and oxygen atoms in total.